The fraction of sp³-hybridized carbons (Fsp3) is 0.846. The zero-order valence-corrected chi connectivity index (χ0v) is 11.6. The van der Waals surface area contributed by atoms with Crippen LogP contribution < -0.4 is 5.32 Å². The SMILES string of the molecule is CCCCNC(=O)CN(CCC(C)C)C(C)=O. The molecule has 2 amide bonds. The third kappa shape index (κ3) is 8.72. The molecule has 0 unspecified atom stereocenters. The molecule has 0 atom stereocenters. The highest BCUT2D eigenvalue weighted by atomic mass is 16.2. The summed E-state index contributed by atoms with van der Waals surface area (Å²) in [5.41, 5.74) is 0. The number of hydrogen-bond acceptors (Lipinski definition) is 2. The molecular formula is C13H26N2O2. The van der Waals surface area contributed by atoms with E-state index in [1.807, 2.05) is 0 Å². The highest BCUT2D eigenvalue weighted by Gasteiger charge is 2.13. The average molecular weight is 242 g/mol. The first-order chi connectivity index (χ1) is 7.97. The van der Waals surface area contributed by atoms with E-state index in [-0.39, 0.29) is 18.4 Å². The lowest BCUT2D eigenvalue weighted by Crippen LogP contribution is -2.40. The molecule has 0 saturated heterocycles. The smallest absolute Gasteiger partial charge is 0.239 e. The monoisotopic (exact) mass is 242 g/mol. The Bertz CT molecular complexity index is 240. The number of amides is 2. The van der Waals surface area contributed by atoms with Crippen LogP contribution in [0.2, 0.25) is 0 Å². The Morgan fingerprint density at radius 3 is 2.41 bits per heavy atom. The molecule has 0 aliphatic rings. The summed E-state index contributed by atoms with van der Waals surface area (Å²) in [5, 5.41) is 2.82. The van der Waals surface area contributed by atoms with E-state index in [1.54, 1.807) is 4.90 Å². The zero-order valence-electron chi connectivity index (χ0n) is 11.6. The van der Waals surface area contributed by atoms with Gasteiger partial charge in [-0.2, -0.15) is 0 Å². The van der Waals surface area contributed by atoms with Crippen LogP contribution in [0.25, 0.3) is 0 Å². The lowest BCUT2D eigenvalue weighted by molar-refractivity contribution is -0.134. The van der Waals surface area contributed by atoms with Crippen molar-refractivity contribution in [3.05, 3.63) is 0 Å². The second kappa shape index (κ2) is 9.02. The van der Waals surface area contributed by atoms with E-state index in [2.05, 4.69) is 26.1 Å². The van der Waals surface area contributed by atoms with Crippen molar-refractivity contribution >= 4 is 11.8 Å². The van der Waals surface area contributed by atoms with Crippen molar-refractivity contribution < 1.29 is 9.59 Å². The van der Waals surface area contributed by atoms with Gasteiger partial charge in [0.1, 0.15) is 0 Å². The minimum atomic E-state index is -0.0580. The molecule has 0 fully saturated rings. The molecule has 1 N–H and O–H groups in total. The average Bonchev–Trinajstić information content (AvgIpc) is 2.23. The largest absolute Gasteiger partial charge is 0.355 e. The molecule has 0 aromatic heterocycles. The van der Waals surface area contributed by atoms with E-state index < -0.39 is 0 Å². The number of nitrogens with one attached hydrogen (secondary N) is 1. The van der Waals surface area contributed by atoms with Crippen LogP contribution >= 0.6 is 0 Å². The van der Waals surface area contributed by atoms with Crippen LogP contribution in [-0.4, -0.2) is 36.3 Å². The van der Waals surface area contributed by atoms with Gasteiger partial charge in [-0.15, -0.1) is 0 Å². The van der Waals surface area contributed by atoms with Crippen LogP contribution in [0.5, 0.6) is 0 Å². The van der Waals surface area contributed by atoms with E-state index >= 15 is 0 Å². The molecule has 0 aromatic carbocycles. The Hall–Kier alpha value is -1.06. The number of nitrogens with zero attached hydrogens (tertiary/aromatic N) is 1. The topological polar surface area (TPSA) is 49.4 Å². The van der Waals surface area contributed by atoms with E-state index in [4.69, 9.17) is 0 Å². The number of rotatable bonds is 8. The molecule has 0 aromatic rings. The predicted molar refractivity (Wildman–Crippen MR) is 69.6 cm³/mol. The number of carbonyl (C=O) groups excluding carboxylic acids is 2. The maximum atomic E-state index is 11.6. The van der Waals surface area contributed by atoms with E-state index in [1.165, 1.54) is 6.92 Å². The van der Waals surface area contributed by atoms with Crippen LogP contribution in [0.1, 0.15) is 47.0 Å². The molecule has 0 saturated carbocycles. The van der Waals surface area contributed by atoms with Crippen LogP contribution in [0.15, 0.2) is 0 Å². The summed E-state index contributed by atoms with van der Waals surface area (Å²) in [6.07, 6.45) is 2.98. The number of carbonyl (C=O) groups is 2. The first kappa shape index (κ1) is 15.9. The molecule has 0 spiro atoms. The van der Waals surface area contributed by atoms with Crippen molar-refractivity contribution in [3.63, 3.8) is 0 Å². The Morgan fingerprint density at radius 2 is 1.94 bits per heavy atom. The van der Waals surface area contributed by atoms with Gasteiger partial charge in [-0.1, -0.05) is 27.2 Å². The first-order valence-corrected chi connectivity index (χ1v) is 6.49. The lowest BCUT2D eigenvalue weighted by Gasteiger charge is -2.21. The quantitative estimate of drug-likeness (QED) is 0.660. The van der Waals surface area contributed by atoms with Gasteiger partial charge in [-0.05, 0) is 18.8 Å². The van der Waals surface area contributed by atoms with Gasteiger partial charge in [-0.3, -0.25) is 9.59 Å². The van der Waals surface area contributed by atoms with Crippen molar-refractivity contribution in [2.45, 2.75) is 47.0 Å². The first-order valence-electron chi connectivity index (χ1n) is 6.49. The molecule has 0 radical (unpaired) electrons. The number of unbranched alkanes of at least 4 members (excludes halogenated alkanes) is 1. The van der Waals surface area contributed by atoms with Crippen LogP contribution in [0, 0.1) is 5.92 Å². The molecule has 0 bridgehead atoms. The summed E-state index contributed by atoms with van der Waals surface area (Å²) < 4.78 is 0. The van der Waals surface area contributed by atoms with Crippen molar-refractivity contribution in [2.24, 2.45) is 5.92 Å². The van der Waals surface area contributed by atoms with Gasteiger partial charge in [0.25, 0.3) is 0 Å². The van der Waals surface area contributed by atoms with Gasteiger partial charge >= 0.3 is 0 Å². The summed E-state index contributed by atoms with van der Waals surface area (Å²) in [6, 6.07) is 0. The fourth-order valence-electron chi connectivity index (χ4n) is 1.40. The second-order valence-electron chi connectivity index (χ2n) is 4.83. The van der Waals surface area contributed by atoms with Crippen LogP contribution in [0.3, 0.4) is 0 Å². The maximum Gasteiger partial charge on any atom is 0.239 e. The van der Waals surface area contributed by atoms with Crippen LogP contribution in [-0.2, 0) is 9.59 Å². The van der Waals surface area contributed by atoms with Gasteiger partial charge in [0, 0.05) is 20.0 Å². The van der Waals surface area contributed by atoms with Gasteiger partial charge in [-0.25, -0.2) is 0 Å². The highest BCUT2D eigenvalue weighted by Crippen LogP contribution is 2.02. The molecule has 100 valence electrons. The van der Waals surface area contributed by atoms with Crippen molar-refractivity contribution in [1.29, 1.82) is 0 Å². The normalized spacial score (nSPS) is 10.4. The Balaban J connectivity index is 3.98. The molecule has 0 aliphatic carbocycles. The molecule has 4 nitrogen and oxygen atoms in total. The molecule has 0 rings (SSSR count). The maximum absolute atomic E-state index is 11.6. The van der Waals surface area contributed by atoms with Gasteiger partial charge in [0.15, 0.2) is 0 Å². The molecular weight excluding hydrogens is 216 g/mol. The third-order valence-electron chi connectivity index (χ3n) is 2.61. The summed E-state index contributed by atoms with van der Waals surface area (Å²) in [4.78, 5) is 24.6. The molecule has 0 aliphatic heterocycles. The fourth-order valence-corrected chi connectivity index (χ4v) is 1.40. The van der Waals surface area contributed by atoms with E-state index in [9.17, 15) is 9.59 Å². The molecule has 17 heavy (non-hydrogen) atoms. The third-order valence-corrected chi connectivity index (χ3v) is 2.61. The zero-order chi connectivity index (χ0) is 13.3. The predicted octanol–water partition coefficient (Wildman–Crippen LogP) is 1.80. The minimum absolute atomic E-state index is 0.0312. The molecule has 4 heteroatoms. The summed E-state index contributed by atoms with van der Waals surface area (Å²) in [6.45, 7) is 9.36. The Morgan fingerprint density at radius 1 is 1.29 bits per heavy atom. The standard InChI is InChI=1S/C13H26N2O2/c1-5-6-8-14-13(17)10-15(12(4)16)9-7-11(2)3/h11H,5-10H2,1-4H3,(H,14,17). The summed E-state index contributed by atoms with van der Waals surface area (Å²) in [5.74, 6) is 0.453. The van der Waals surface area contributed by atoms with E-state index in [0.717, 1.165) is 19.3 Å². The van der Waals surface area contributed by atoms with Gasteiger partial charge < -0.3 is 10.2 Å². The van der Waals surface area contributed by atoms with Gasteiger partial charge in [0.05, 0.1) is 6.54 Å². The van der Waals surface area contributed by atoms with Crippen LogP contribution in [0.4, 0.5) is 0 Å². The highest BCUT2D eigenvalue weighted by molar-refractivity contribution is 5.83. The van der Waals surface area contributed by atoms with Crippen molar-refractivity contribution in [1.82, 2.24) is 10.2 Å². The van der Waals surface area contributed by atoms with E-state index in [0.29, 0.717) is 19.0 Å². The van der Waals surface area contributed by atoms with Crippen molar-refractivity contribution in [3.8, 4) is 0 Å². The second-order valence-corrected chi connectivity index (χ2v) is 4.83. The Kier molecular flexibility index (Phi) is 8.46. The summed E-state index contributed by atoms with van der Waals surface area (Å²) in [7, 11) is 0. The van der Waals surface area contributed by atoms with Crippen molar-refractivity contribution in [2.75, 3.05) is 19.6 Å². The number of hydrogen-bond donors (Lipinski definition) is 1. The Labute approximate surface area is 105 Å². The molecule has 0 heterocycles. The van der Waals surface area contributed by atoms with Gasteiger partial charge in [0.2, 0.25) is 11.8 Å². The lowest BCUT2D eigenvalue weighted by atomic mass is 10.1. The summed E-state index contributed by atoms with van der Waals surface area (Å²) >= 11 is 0. The minimum Gasteiger partial charge on any atom is -0.355 e.